The van der Waals surface area contributed by atoms with E-state index in [2.05, 4.69) is 9.97 Å². The molecule has 3 aromatic rings. The SMILES string of the molecule is CCC(C)OC(=O)C(C(=O)O)c1nc2cc3ccccc3cc2nc1Cl. The van der Waals surface area contributed by atoms with Gasteiger partial charge < -0.3 is 9.84 Å². The zero-order valence-corrected chi connectivity index (χ0v) is 15.0. The average molecular weight is 373 g/mol. The van der Waals surface area contributed by atoms with Crippen molar-refractivity contribution >= 4 is 45.3 Å². The van der Waals surface area contributed by atoms with E-state index in [9.17, 15) is 14.7 Å². The van der Waals surface area contributed by atoms with Crippen LogP contribution in [0, 0.1) is 0 Å². The fraction of sp³-hybridized carbons (Fsp3) is 0.263. The molecular weight excluding hydrogens is 356 g/mol. The highest BCUT2D eigenvalue weighted by atomic mass is 35.5. The molecule has 7 heteroatoms. The quantitative estimate of drug-likeness (QED) is 0.414. The van der Waals surface area contributed by atoms with Crippen LogP contribution in [0.1, 0.15) is 31.9 Å². The monoisotopic (exact) mass is 372 g/mol. The van der Waals surface area contributed by atoms with E-state index in [1.807, 2.05) is 37.3 Å². The molecule has 26 heavy (non-hydrogen) atoms. The Morgan fingerprint density at radius 3 is 2.27 bits per heavy atom. The molecular formula is C19H17ClN2O4. The summed E-state index contributed by atoms with van der Waals surface area (Å²) in [5, 5.41) is 11.3. The lowest BCUT2D eigenvalue weighted by atomic mass is 10.1. The van der Waals surface area contributed by atoms with E-state index in [0.717, 1.165) is 10.8 Å². The van der Waals surface area contributed by atoms with Crippen molar-refractivity contribution in [3.05, 3.63) is 47.2 Å². The maximum Gasteiger partial charge on any atom is 0.326 e. The molecule has 0 spiro atoms. The molecule has 3 rings (SSSR count). The van der Waals surface area contributed by atoms with Crippen molar-refractivity contribution in [3.63, 3.8) is 0 Å². The number of hydrogen-bond donors (Lipinski definition) is 1. The van der Waals surface area contributed by atoms with E-state index < -0.39 is 24.0 Å². The lowest BCUT2D eigenvalue weighted by Crippen LogP contribution is -2.28. The second-order valence-corrected chi connectivity index (χ2v) is 6.37. The molecule has 0 amide bonds. The van der Waals surface area contributed by atoms with E-state index in [-0.39, 0.29) is 10.8 Å². The topological polar surface area (TPSA) is 89.4 Å². The predicted molar refractivity (Wildman–Crippen MR) is 98.3 cm³/mol. The van der Waals surface area contributed by atoms with E-state index in [0.29, 0.717) is 17.5 Å². The van der Waals surface area contributed by atoms with Crippen molar-refractivity contribution in [2.75, 3.05) is 0 Å². The Kier molecular flexibility index (Phi) is 5.04. The Labute approximate surface area is 154 Å². The molecule has 0 saturated heterocycles. The zero-order valence-electron chi connectivity index (χ0n) is 14.3. The number of benzene rings is 2. The summed E-state index contributed by atoms with van der Waals surface area (Å²) in [5.41, 5.74) is 0.873. The van der Waals surface area contributed by atoms with Gasteiger partial charge in [-0.15, -0.1) is 0 Å². The third kappa shape index (κ3) is 3.46. The number of halogens is 1. The maximum atomic E-state index is 12.3. The Balaban J connectivity index is 2.12. The molecule has 0 saturated carbocycles. The molecule has 0 aliphatic heterocycles. The van der Waals surface area contributed by atoms with E-state index in [1.54, 1.807) is 13.0 Å². The minimum Gasteiger partial charge on any atom is -0.480 e. The van der Waals surface area contributed by atoms with Crippen LogP contribution in [-0.2, 0) is 14.3 Å². The van der Waals surface area contributed by atoms with Crippen LogP contribution in [0.15, 0.2) is 36.4 Å². The van der Waals surface area contributed by atoms with Gasteiger partial charge in [0.15, 0.2) is 11.1 Å². The van der Waals surface area contributed by atoms with Gasteiger partial charge in [-0.25, -0.2) is 9.97 Å². The number of carboxylic acid groups (broad SMARTS) is 1. The summed E-state index contributed by atoms with van der Waals surface area (Å²) in [5.74, 6) is -3.90. The number of carbonyl (C=O) groups is 2. The summed E-state index contributed by atoms with van der Waals surface area (Å²) in [7, 11) is 0. The molecule has 0 aliphatic rings. The average Bonchev–Trinajstić information content (AvgIpc) is 2.60. The first-order chi connectivity index (χ1) is 12.4. The fourth-order valence-electron chi connectivity index (χ4n) is 2.60. The molecule has 0 aliphatic carbocycles. The smallest absolute Gasteiger partial charge is 0.326 e. The minimum atomic E-state index is -1.63. The molecule has 0 bridgehead atoms. The second kappa shape index (κ2) is 7.25. The van der Waals surface area contributed by atoms with Crippen LogP contribution in [0.4, 0.5) is 0 Å². The van der Waals surface area contributed by atoms with Gasteiger partial charge in [0.05, 0.1) is 17.1 Å². The van der Waals surface area contributed by atoms with Crippen LogP contribution in [0.5, 0.6) is 0 Å². The number of carboxylic acids is 1. The van der Waals surface area contributed by atoms with Gasteiger partial charge >= 0.3 is 11.9 Å². The van der Waals surface area contributed by atoms with E-state index >= 15 is 0 Å². The zero-order chi connectivity index (χ0) is 18.8. The molecule has 2 aromatic carbocycles. The number of aliphatic carboxylic acids is 1. The summed E-state index contributed by atoms with van der Waals surface area (Å²) in [4.78, 5) is 32.6. The van der Waals surface area contributed by atoms with Gasteiger partial charge in [0.2, 0.25) is 0 Å². The first-order valence-electron chi connectivity index (χ1n) is 8.20. The van der Waals surface area contributed by atoms with Gasteiger partial charge in [-0.2, -0.15) is 0 Å². The minimum absolute atomic E-state index is 0.116. The van der Waals surface area contributed by atoms with Crippen LogP contribution >= 0.6 is 11.6 Å². The Hall–Kier alpha value is -2.73. The highest BCUT2D eigenvalue weighted by molar-refractivity contribution is 6.31. The van der Waals surface area contributed by atoms with E-state index in [1.165, 1.54) is 0 Å². The first-order valence-corrected chi connectivity index (χ1v) is 8.57. The third-order valence-corrected chi connectivity index (χ3v) is 4.44. The largest absolute Gasteiger partial charge is 0.480 e. The van der Waals surface area contributed by atoms with Gasteiger partial charge in [-0.3, -0.25) is 9.59 Å². The van der Waals surface area contributed by atoms with Crippen molar-refractivity contribution < 1.29 is 19.4 Å². The van der Waals surface area contributed by atoms with E-state index in [4.69, 9.17) is 16.3 Å². The molecule has 6 nitrogen and oxygen atoms in total. The standard InChI is InChI=1S/C19H17ClN2O4/c1-3-10(2)26-19(25)15(18(23)24)16-17(20)22-14-9-12-7-5-4-6-11(12)8-13(14)21-16/h4-10,15H,3H2,1-2H3,(H,23,24). The summed E-state index contributed by atoms with van der Waals surface area (Å²) < 4.78 is 5.17. The molecule has 0 radical (unpaired) electrons. The van der Waals surface area contributed by atoms with Crippen molar-refractivity contribution in [2.24, 2.45) is 0 Å². The van der Waals surface area contributed by atoms with Gasteiger partial charge in [-0.05, 0) is 36.2 Å². The molecule has 2 unspecified atom stereocenters. The van der Waals surface area contributed by atoms with Gasteiger partial charge in [0.1, 0.15) is 5.69 Å². The number of esters is 1. The van der Waals surface area contributed by atoms with Crippen LogP contribution in [-0.4, -0.2) is 33.1 Å². The maximum absolute atomic E-state index is 12.3. The molecule has 134 valence electrons. The third-order valence-electron chi connectivity index (χ3n) is 4.16. The summed E-state index contributed by atoms with van der Waals surface area (Å²) >= 11 is 6.16. The number of hydrogen-bond acceptors (Lipinski definition) is 5. The molecule has 1 N–H and O–H groups in total. The number of rotatable bonds is 5. The van der Waals surface area contributed by atoms with Crippen molar-refractivity contribution in [2.45, 2.75) is 32.3 Å². The fourth-order valence-corrected chi connectivity index (χ4v) is 2.84. The summed E-state index contributed by atoms with van der Waals surface area (Å²) in [6, 6.07) is 11.3. The lowest BCUT2D eigenvalue weighted by Gasteiger charge is -2.16. The van der Waals surface area contributed by atoms with Crippen LogP contribution in [0.25, 0.3) is 21.8 Å². The van der Waals surface area contributed by atoms with Crippen LogP contribution in [0.3, 0.4) is 0 Å². The van der Waals surface area contributed by atoms with Gasteiger partial charge in [-0.1, -0.05) is 42.8 Å². The van der Waals surface area contributed by atoms with Crippen molar-refractivity contribution in [1.29, 1.82) is 0 Å². The first kappa shape index (κ1) is 18.1. The van der Waals surface area contributed by atoms with Gasteiger partial charge in [0, 0.05) is 0 Å². The molecule has 0 fully saturated rings. The number of carbonyl (C=O) groups excluding carboxylic acids is 1. The molecule has 1 aromatic heterocycles. The molecule has 2 atom stereocenters. The number of ether oxygens (including phenoxy) is 1. The number of aromatic nitrogens is 2. The normalized spacial score (nSPS) is 13.5. The lowest BCUT2D eigenvalue weighted by molar-refractivity contribution is -0.157. The van der Waals surface area contributed by atoms with Crippen LogP contribution in [0.2, 0.25) is 5.15 Å². The van der Waals surface area contributed by atoms with Gasteiger partial charge in [0.25, 0.3) is 0 Å². The Morgan fingerprint density at radius 1 is 1.15 bits per heavy atom. The van der Waals surface area contributed by atoms with Crippen molar-refractivity contribution in [1.82, 2.24) is 9.97 Å². The van der Waals surface area contributed by atoms with Crippen LogP contribution < -0.4 is 0 Å². The second-order valence-electron chi connectivity index (χ2n) is 6.01. The molecule has 1 heterocycles. The Bertz CT molecular complexity index is 1010. The number of fused-ring (bicyclic) bond motifs is 2. The summed E-state index contributed by atoms with van der Waals surface area (Å²) in [6.07, 6.45) is 0.168. The summed E-state index contributed by atoms with van der Waals surface area (Å²) in [6.45, 7) is 3.53. The number of nitrogens with zero attached hydrogens (tertiary/aromatic N) is 2. The predicted octanol–water partition coefficient (Wildman–Crippen LogP) is 3.95. The highest BCUT2D eigenvalue weighted by Crippen LogP contribution is 2.28. The Morgan fingerprint density at radius 2 is 1.73 bits per heavy atom. The highest BCUT2D eigenvalue weighted by Gasteiger charge is 2.35. The van der Waals surface area contributed by atoms with Crippen molar-refractivity contribution in [3.8, 4) is 0 Å².